The molecule has 1 amide bonds. The number of carbonyl (C=O) groups excluding carboxylic acids is 1. The Balaban J connectivity index is 1.99. The number of rotatable bonds is 2. The first-order valence-electron chi connectivity index (χ1n) is 6.10. The van der Waals surface area contributed by atoms with Crippen LogP contribution in [0.15, 0.2) is 42.5 Å². The van der Waals surface area contributed by atoms with Gasteiger partial charge in [0.1, 0.15) is 5.82 Å². The molecule has 0 aliphatic heterocycles. The molecule has 0 aliphatic rings. The van der Waals surface area contributed by atoms with E-state index in [0.29, 0.717) is 11.3 Å². The molecular formula is C15H12ClFN2OS. The fourth-order valence-electron chi connectivity index (χ4n) is 1.62. The van der Waals surface area contributed by atoms with Gasteiger partial charge in [-0.1, -0.05) is 29.3 Å². The quantitative estimate of drug-likeness (QED) is 0.824. The zero-order valence-corrected chi connectivity index (χ0v) is 12.7. The summed E-state index contributed by atoms with van der Waals surface area (Å²) in [7, 11) is 0. The van der Waals surface area contributed by atoms with Crippen LogP contribution in [0, 0.1) is 12.7 Å². The Bertz CT molecular complexity index is 689. The van der Waals surface area contributed by atoms with Crippen LogP contribution in [0.5, 0.6) is 0 Å². The number of amides is 1. The van der Waals surface area contributed by atoms with E-state index in [0.717, 1.165) is 5.56 Å². The number of anilines is 1. The lowest BCUT2D eigenvalue weighted by molar-refractivity contribution is 0.0977. The maximum absolute atomic E-state index is 13.0. The number of thiocarbonyl (C=S) groups is 1. The molecule has 0 saturated heterocycles. The van der Waals surface area contributed by atoms with Gasteiger partial charge in [0.05, 0.1) is 5.02 Å². The van der Waals surface area contributed by atoms with Gasteiger partial charge in [0, 0.05) is 11.3 Å². The summed E-state index contributed by atoms with van der Waals surface area (Å²) < 4.78 is 13.0. The van der Waals surface area contributed by atoms with Crippen LogP contribution in [0.2, 0.25) is 5.02 Å². The fourth-order valence-corrected chi connectivity index (χ4v) is 2.01. The van der Waals surface area contributed by atoms with Gasteiger partial charge in [0.25, 0.3) is 5.91 Å². The molecule has 108 valence electrons. The van der Waals surface area contributed by atoms with E-state index in [-0.39, 0.29) is 16.0 Å². The maximum Gasteiger partial charge on any atom is 0.257 e. The molecule has 2 rings (SSSR count). The maximum atomic E-state index is 13.0. The van der Waals surface area contributed by atoms with Crippen molar-refractivity contribution in [2.75, 3.05) is 5.32 Å². The Kier molecular flexibility index (Phi) is 4.88. The first-order valence-corrected chi connectivity index (χ1v) is 6.88. The van der Waals surface area contributed by atoms with Crippen LogP contribution >= 0.6 is 23.8 Å². The van der Waals surface area contributed by atoms with Gasteiger partial charge < -0.3 is 5.32 Å². The van der Waals surface area contributed by atoms with Gasteiger partial charge in [-0.25, -0.2) is 4.39 Å². The van der Waals surface area contributed by atoms with E-state index in [1.165, 1.54) is 18.2 Å². The number of nitrogens with one attached hydrogen (secondary N) is 2. The highest BCUT2D eigenvalue weighted by Gasteiger charge is 2.08. The summed E-state index contributed by atoms with van der Waals surface area (Å²) in [6.45, 7) is 1.94. The number of benzene rings is 2. The van der Waals surface area contributed by atoms with E-state index in [1.807, 2.05) is 19.1 Å². The summed E-state index contributed by atoms with van der Waals surface area (Å²) in [6, 6.07) is 11.2. The van der Waals surface area contributed by atoms with Gasteiger partial charge in [-0.15, -0.1) is 0 Å². The monoisotopic (exact) mass is 322 g/mol. The predicted molar refractivity (Wildman–Crippen MR) is 86.3 cm³/mol. The third-order valence-corrected chi connectivity index (χ3v) is 3.21. The average Bonchev–Trinajstić information content (AvgIpc) is 2.43. The van der Waals surface area contributed by atoms with E-state index in [4.69, 9.17) is 23.8 Å². The lowest BCUT2D eigenvalue weighted by Gasteiger charge is -2.10. The molecule has 0 fully saturated rings. The smallest absolute Gasteiger partial charge is 0.257 e. The van der Waals surface area contributed by atoms with Crippen molar-refractivity contribution in [1.82, 2.24) is 5.32 Å². The summed E-state index contributed by atoms with van der Waals surface area (Å²) >= 11 is 10.7. The molecule has 0 unspecified atom stereocenters. The zero-order valence-electron chi connectivity index (χ0n) is 11.1. The normalized spacial score (nSPS) is 10.0. The molecule has 0 spiro atoms. The number of aryl methyl sites for hydroxylation is 1. The Morgan fingerprint density at radius 1 is 1.19 bits per heavy atom. The summed E-state index contributed by atoms with van der Waals surface area (Å²) in [6.07, 6.45) is 0. The van der Waals surface area contributed by atoms with Crippen molar-refractivity contribution < 1.29 is 9.18 Å². The van der Waals surface area contributed by atoms with Crippen molar-refractivity contribution in [2.45, 2.75) is 6.92 Å². The number of hydrogen-bond acceptors (Lipinski definition) is 2. The van der Waals surface area contributed by atoms with Crippen molar-refractivity contribution in [3.63, 3.8) is 0 Å². The molecule has 0 aliphatic carbocycles. The Morgan fingerprint density at radius 2 is 1.86 bits per heavy atom. The van der Waals surface area contributed by atoms with Gasteiger partial charge in [0.2, 0.25) is 0 Å². The molecule has 0 bridgehead atoms. The Labute approximate surface area is 132 Å². The van der Waals surface area contributed by atoms with E-state index >= 15 is 0 Å². The number of carbonyl (C=O) groups is 1. The zero-order chi connectivity index (χ0) is 15.4. The standard InChI is InChI=1S/C15H12ClFN2OS/c1-9-2-4-10(5-3-9)14(20)19-15(21)18-11-6-7-13(17)12(16)8-11/h2-8H,1H3,(H2,18,19,20,21). The van der Waals surface area contributed by atoms with Crippen molar-refractivity contribution >= 4 is 40.5 Å². The van der Waals surface area contributed by atoms with Crippen molar-refractivity contribution in [2.24, 2.45) is 0 Å². The molecule has 0 aromatic heterocycles. The molecule has 21 heavy (non-hydrogen) atoms. The molecule has 3 nitrogen and oxygen atoms in total. The van der Waals surface area contributed by atoms with Gasteiger partial charge in [0.15, 0.2) is 5.11 Å². The minimum Gasteiger partial charge on any atom is -0.332 e. The Morgan fingerprint density at radius 3 is 2.48 bits per heavy atom. The SMILES string of the molecule is Cc1ccc(C(=O)NC(=S)Nc2ccc(F)c(Cl)c2)cc1. The van der Waals surface area contributed by atoms with Crippen LogP contribution in [-0.4, -0.2) is 11.0 Å². The summed E-state index contributed by atoms with van der Waals surface area (Å²) in [5.74, 6) is -0.836. The highest BCUT2D eigenvalue weighted by Crippen LogP contribution is 2.19. The van der Waals surface area contributed by atoms with Crippen LogP contribution in [0.25, 0.3) is 0 Å². The minimum absolute atomic E-state index is 0.0207. The Hall–Kier alpha value is -1.98. The van der Waals surface area contributed by atoms with Crippen LogP contribution in [0.3, 0.4) is 0 Å². The van der Waals surface area contributed by atoms with Crippen LogP contribution in [0.1, 0.15) is 15.9 Å². The van der Waals surface area contributed by atoms with Crippen LogP contribution in [0.4, 0.5) is 10.1 Å². The third-order valence-electron chi connectivity index (χ3n) is 2.72. The molecule has 2 aromatic carbocycles. The highest BCUT2D eigenvalue weighted by molar-refractivity contribution is 7.80. The second-order valence-corrected chi connectivity index (χ2v) is 5.22. The van der Waals surface area contributed by atoms with Gasteiger partial charge in [-0.3, -0.25) is 10.1 Å². The molecule has 0 saturated carbocycles. The number of hydrogen-bond donors (Lipinski definition) is 2. The van der Waals surface area contributed by atoms with Crippen LogP contribution in [-0.2, 0) is 0 Å². The lowest BCUT2D eigenvalue weighted by atomic mass is 10.1. The molecule has 6 heteroatoms. The van der Waals surface area contributed by atoms with Crippen molar-refractivity contribution in [3.05, 3.63) is 64.4 Å². The molecule has 0 heterocycles. The lowest BCUT2D eigenvalue weighted by Crippen LogP contribution is -2.34. The molecule has 2 aromatic rings. The summed E-state index contributed by atoms with van der Waals surface area (Å²) in [5.41, 5.74) is 2.06. The van der Waals surface area contributed by atoms with Crippen LogP contribution < -0.4 is 10.6 Å². The van der Waals surface area contributed by atoms with E-state index in [2.05, 4.69) is 10.6 Å². The minimum atomic E-state index is -0.517. The first-order chi connectivity index (χ1) is 9.95. The highest BCUT2D eigenvalue weighted by atomic mass is 35.5. The third kappa shape index (κ3) is 4.24. The number of halogens is 2. The van der Waals surface area contributed by atoms with E-state index in [9.17, 15) is 9.18 Å². The van der Waals surface area contributed by atoms with Gasteiger partial charge in [-0.05, 0) is 49.5 Å². The second kappa shape index (κ2) is 6.65. The van der Waals surface area contributed by atoms with Crippen molar-refractivity contribution in [1.29, 1.82) is 0 Å². The van der Waals surface area contributed by atoms with Crippen molar-refractivity contribution in [3.8, 4) is 0 Å². The second-order valence-electron chi connectivity index (χ2n) is 4.40. The molecule has 0 atom stereocenters. The van der Waals surface area contributed by atoms with E-state index in [1.54, 1.807) is 12.1 Å². The topological polar surface area (TPSA) is 41.1 Å². The van der Waals surface area contributed by atoms with E-state index < -0.39 is 5.82 Å². The van der Waals surface area contributed by atoms with Gasteiger partial charge >= 0.3 is 0 Å². The van der Waals surface area contributed by atoms with Gasteiger partial charge in [-0.2, -0.15) is 0 Å². The largest absolute Gasteiger partial charge is 0.332 e. The first kappa shape index (κ1) is 15.4. The predicted octanol–water partition coefficient (Wildman–Crippen LogP) is 3.91. The summed E-state index contributed by atoms with van der Waals surface area (Å²) in [4.78, 5) is 12.0. The molecular weight excluding hydrogens is 311 g/mol. The summed E-state index contributed by atoms with van der Waals surface area (Å²) in [5, 5.41) is 5.41. The molecule has 0 radical (unpaired) electrons. The fraction of sp³-hybridized carbons (Fsp3) is 0.0667. The molecule has 2 N–H and O–H groups in total. The average molecular weight is 323 g/mol.